The van der Waals surface area contributed by atoms with Gasteiger partial charge in [-0.15, -0.1) is 0 Å². The van der Waals surface area contributed by atoms with Crippen molar-refractivity contribution in [2.24, 2.45) is 23.7 Å². The Morgan fingerprint density at radius 1 is 0.946 bits per heavy atom. The highest BCUT2D eigenvalue weighted by atomic mass is 19.4. The van der Waals surface area contributed by atoms with E-state index >= 15 is 0 Å². The summed E-state index contributed by atoms with van der Waals surface area (Å²) in [6.07, 6.45) is 4.01. The third kappa shape index (κ3) is 6.94. The zero-order valence-electron chi connectivity index (χ0n) is 31.0. The van der Waals surface area contributed by atoms with Gasteiger partial charge in [-0.05, 0) is 104 Å². The number of nitrogens with one attached hydrogen (secondary N) is 1. The summed E-state index contributed by atoms with van der Waals surface area (Å²) in [5, 5.41) is 13.7. The summed E-state index contributed by atoms with van der Waals surface area (Å²) >= 11 is 0. The van der Waals surface area contributed by atoms with Gasteiger partial charge in [-0.1, -0.05) is 13.8 Å². The lowest BCUT2D eigenvalue weighted by molar-refractivity contribution is -0.155. The molecule has 56 heavy (non-hydrogen) atoms. The van der Waals surface area contributed by atoms with Gasteiger partial charge in [0.1, 0.15) is 23.2 Å². The first-order chi connectivity index (χ1) is 26.8. The summed E-state index contributed by atoms with van der Waals surface area (Å²) in [4.78, 5) is 41.7. The number of benzene rings is 2. The van der Waals surface area contributed by atoms with Crippen molar-refractivity contribution in [2.75, 3.05) is 18.0 Å². The number of piperidine rings is 1. The van der Waals surface area contributed by atoms with Crippen LogP contribution in [0.4, 0.5) is 23.5 Å². The maximum absolute atomic E-state index is 14.9. The molecule has 3 aliphatic rings. The molecule has 2 saturated carbocycles. The second kappa shape index (κ2) is 14.5. The molecule has 1 aliphatic heterocycles. The van der Waals surface area contributed by atoms with Gasteiger partial charge in [-0.3, -0.25) is 4.79 Å². The van der Waals surface area contributed by atoms with Crippen molar-refractivity contribution in [1.82, 2.24) is 24.8 Å². The lowest BCUT2D eigenvalue weighted by Crippen LogP contribution is -2.66. The molecule has 3 fully saturated rings. The van der Waals surface area contributed by atoms with Crippen LogP contribution < -0.4 is 15.0 Å². The first-order valence-electron chi connectivity index (χ1n) is 19.0. The van der Waals surface area contributed by atoms with E-state index in [1.165, 1.54) is 18.2 Å². The number of carboxylic acid groups (broad SMARTS) is 1. The first-order valence-corrected chi connectivity index (χ1v) is 19.0. The average Bonchev–Trinajstić information content (AvgIpc) is 3.55. The van der Waals surface area contributed by atoms with E-state index in [1.807, 2.05) is 6.92 Å². The predicted octanol–water partition coefficient (Wildman–Crippen LogP) is 8.33. The Morgan fingerprint density at radius 2 is 1.68 bits per heavy atom. The second-order valence-corrected chi connectivity index (χ2v) is 15.7. The highest BCUT2D eigenvalue weighted by Crippen LogP contribution is 2.50. The van der Waals surface area contributed by atoms with Gasteiger partial charge in [-0.25, -0.2) is 24.1 Å². The molecule has 5 aromatic rings. The van der Waals surface area contributed by atoms with Crippen LogP contribution in [0.25, 0.3) is 27.8 Å². The second-order valence-electron chi connectivity index (χ2n) is 15.7. The lowest BCUT2D eigenvalue weighted by Gasteiger charge is -2.52. The minimum atomic E-state index is -5.04. The number of hydrogen-bond donors (Lipinski definition) is 2. The van der Waals surface area contributed by atoms with Crippen LogP contribution in [0.3, 0.4) is 0 Å². The number of aliphatic carboxylic acids is 1. The molecule has 292 valence electrons. The van der Waals surface area contributed by atoms with E-state index in [9.17, 15) is 32.3 Å². The molecular weight excluding hydrogens is 728 g/mol. The number of ether oxygens (including phenoxy) is 1. The monoisotopic (exact) mass is 770 g/mol. The summed E-state index contributed by atoms with van der Waals surface area (Å²) in [5.74, 6) is -1.94. The van der Waals surface area contributed by atoms with Crippen LogP contribution in [-0.2, 0) is 11.0 Å². The number of rotatable bonds is 8. The Morgan fingerprint density at radius 3 is 2.38 bits per heavy atom. The van der Waals surface area contributed by atoms with Crippen molar-refractivity contribution in [3.8, 4) is 22.7 Å². The molecule has 2 N–H and O–H groups in total. The third-order valence-electron chi connectivity index (χ3n) is 12.0. The number of nitrogens with zero attached hydrogens (tertiary/aromatic N) is 5. The number of carbonyl (C=O) groups excluding carboxylic acids is 1. The number of hydrogen-bond acceptors (Lipinski definition) is 7. The SMILES string of the molecule is CC1CC2CC(C)C(NC(=O)c3ccc(-c4cn(-c5ccc(F)cc5)c5cc(OC6CCN(c7ncccn7)CC6)ccc45)nc3C(F)(F)F)(C(=O)O)C(C1)C2. The van der Waals surface area contributed by atoms with E-state index in [0.29, 0.717) is 72.1 Å². The summed E-state index contributed by atoms with van der Waals surface area (Å²) < 4.78 is 66.7. The van der Waals surface area contributed by atoms with Gasteiger partial charge in [-0.2, -0.15) is 13.2 Å². The Labute approximate surface area is 320 Å². The van der Waals surface area contributed by atoms with Gasteiger partial charge in [0, 0.05) is 67.2 Å². The zero-order chi connectivity index (χ0) is 39.4. The number of anilines is 1. The zero-order valence-corrected chi connectivity index (χ0v) is 31.0. The molecule has 5 atom stereocenters. The van der Waals surface area contributed by atoms with Crippen LogP contribution in [-0.4, -0.2) is 61.2 Å². The van der Waals surface area contributed by atoms with Crippen molar-refractivity contribution in [3.63, 3.8) is 0 Å². The molecule has 2 aromatic carbocycles. The fourth-order valence-corrected chi connectivity index (χ4v) is 9.45. The molecule has 3 aromatic heterocycles. The smallest absolute Gasteiger partial charge is 0.434 e. The van der Waals surface area contributed by atoms with Crippen molar-refractivity contribution >= 4 is 28.7 Å². The van der Waals surface area contributed by atoms with Gasteiger partial charge < -0.3 is 24.6 Å². The topological polar surface area (TPSA) is 122 Å². The molecule has 14 heteroatoms. The number of alkyl halides is 3. The van der Waals surface area contributed by atoms with Crippen LogP contribution in [0.15, 0.2) is 79.3 Å². The van der Waals surface area contributed by atoms with E-state index in [4.69, 9.17) is 4.74 Å². The van der Waals surface area contributed by atoms with Crippen LogP contribution in [0.2, 0.25) is 0 Å². The van der Waals surface area contributed by atoms with Crippen LogP contribution >= 0.6 is 0 Å². The number of fused-ring (bicyclic) bond motifs is 3. The van der Waals surface area contributed by atoms with E-state index in [2.05, 4.69) is 25.2 Å². The average molecular weight is 771 g/mol. The number of carbonyl (C=O) groups is 2. The summed E-state index contributed by atoms with van der Waals surface area (Å²) in [5.41, 5.74) is -2.43. The number of aromatic nitrogens is 4. The largest absolute Gasteiger partial charge is 0.490 e. The quantitative estimate of drug-likeness (QED) is 0.151. The maximum Gasteiger partial charge on any atom is 0.434 e. The van der Waals surface area contributed by atoms with Crippen molar-refractivity contribution in [1.29, 1.82) is 0 Å². The van der Waals surface area contributed by atoms with Gasteiger partial charge in [0.2, 0.25) is 5.95 Å². The highest BCUT2D eigenvalue weighted by Gasteiger charge is 2.57. The lowest BCUT2D eigenvalue weighted by atomic mass is 9.56. The minimum Gasteiger partial charge on any atom is -0.490 e. The molecule has 5 unspecified atom stereocenters. The normalized spacial score (nSPS) is 24.2. The van der Waals surface area contributed by atoms with Crippen LogP contribution in [0, 0.1) is 29.5 Å². The molecular formula is C42H42F4N6O4. The maximum atomic E-state index is 14.9. The van der Waals surface area contributed by atoms with Crippen molar-refractivity contribution < 1.29 is 37.0 Å². The number of amides is 1. The molecule has 2 bridgehead atoms. The van der Waals surface area contributed by atoms with E-state index in [-0.39, 0.29) is 17.7 Å². The number of carboxylic acids is 1. The van der Waals surface area contributed by atoms with Gasteiger partial charge in [0.15, 0.2) is 5.69 Å². The molecule has 2 aliphatic carbocycles. The first kappa shape index (κ1) is 37.4. The van der Waals surface area contributed by atoms with Gasteiger partial charge in [0.25, 0.3) is 5.91 Å². The number of pyridine rings is 1. The summed E-state index contributed by atoms with van der Waals surface area (Å²) in [7, 11) is 0. The van der Waals surface area contributed by atoms with Crippen molar-refractivity contribution in [2.45, 2.75) is 70.2 Å². The Hall–Kier alpha value is -5.53. The number of halogens is 4. The van der Waals surface area contributed by atoms with E-state index in [1.54, 1.807) is 66.5 Å². The molecule has 0 radical (unpaired) electrons. The minimum absolute atomic E-state index is 0.0492. The fraction of sp³-hybridized carbons (Fsp3) is 0.405. The van der Waals surface area contributed by atoms with E-state index in [0.717, 1.165) is 25.3 Å². The van der Waals surface area contributed by atoms with Gasteiger partial charge >= 0.3 is 12.1 Å². The highest BCUT2D eigenvalue weighted by molar-refractivity contribution is 6.01. The molecule has 10 nitrogen and oxygen atoms in total. The summed E-state index contributed by atoms with van der Waals surface area (Å²) in [6.45, 7) is 5.20. The van der Waals surface area contributed by atoms with Crippen molar-refractivity contribution in [3.05, 3.63) is 96.3 Å². The fourth-order valence-electron chi connectivity index (χ4n) is 9.45. The molecule has 0 spiro atoms. The summed E-state index contributed by atoms with van der Waals surface area (Å²) in [6, 6.07) is 15.2. The van der Waals surface area contributed by atoms with Gasteiger partial charge in [0.05, 0.1) is 16.8 Å². The van der Waals surface area contributed by atoms with Crippen LogP contribution in [0.1, 0.15) is 68.4 Å². The standard InChI is InChI=1S/C42H42F4N6O4/c1-24-18-26-20-25(2)41(39(54)55,27(19-24)21-26)50-38(53)33-10-11-35(49-37(33)42(44,45)46)34-23-52(29-6-4-28(43)5-7-29)36-22-31(8-9-32(34)36)56-30-12-16-51(17-13-30)40-47-14-3-15-48-40/h3-11,14-15,22-27,30H,12-13,16-21H2,1-2H3,(H,50,53)(H,54,55). The predicted molar refractivity (Wildman–Crippen MR) is 201 cm³/mol. The van der Waals surface area contributed by atoms with E-state index < -0.39 is 52.5 Å². The van der Waals surface area contributed by atoms with Crippen LogP contribution in [0.5, 0.6) is 5.75 Å². The molecule has 1 saturated heterocycles. The third-order valence-corrected chi connectivity index (χ3v) is 12.0. The Balaban J connectivity index is 1.13. The molecule has 4 heterocycles. The molecule has 1 amide bonds. The Kier molecular flexibility index (Phi) is 9.70. The molecule has 8 rings (SSSR count). The Bertz CT molecular complexity index is 2250.